The molecule has 5 heteroatoms. The second kappa shape index (κ2) is 10.3. The van der Waals surface area contributed by atoms with Gasteiger partial charge in [0.15, 0.2) is 0 Å². The van der Waals surface area contributed by atoms with Crippen molar-refractivity contribution in [3.05, 3.63) is 78.7 Å². The number of alkyl halides is 1. The van der Waals surface area contributed by atoms with Crippen LogP contribution >= 0.6 is 0 Å². The van der Waals surface area contributed by atoms with Gasteiger partial charge >= 0.3 is 0 Å². The van der Waals surface area contributed by atoms with Crippen LogP contribution < -0.4 is 5.32 Å². The highest BCUT2D eigenvalue weighted by Gasteiger charge is 2.15. The Balaban J connectivity index is 2.15. The molecule has 0 saturated heterocycles. The van der Waals surface area contributed by atoms with Gasteiger partial charge in [-0.3, -0.25) is 15.0 Å². The molecule has 2 rings (SSSR count). The van der Waals surface area contributed by atoms with Crippen molar-refractivity contribution >= 4 is 23.3 Å². The lowest BCUT2D eigenvalue weighted by Gasteiger charge is -2.21. The number of pyridine rings is 1. The van der Waals surface area contributed by atoms with Crippen LogP contribution in [0.5, 0.6) is 0 Å². The summed E-state index contributed by atoms with van der Waals surface area (Å²) < 4.78 is 13.8. The van der Waals surface area contributed by atoms with Gasteiger partial charge in [-0.05, 0) is 32.7 Å². The molecule has 0 spiro atoms. The third kappa shape index (κ3) is 5.71. The molecule has 4 nitrogen and oxygen atoms in total. The minimum Gasteiger partial charge on any atom is -0.377 e. The van der Waals surface area contributed by atoms with Crippen molar-refractivity contribution in [2.75, 3.05) is 6.54 Å². The first-order valence-corrected chi connectivity index (χ1v) is 9.19. The maximum absolute atomic E-state index is 13.8. The molecule has 2 aromatic rings. The molecule has 1 aromatic heterocycles. The molecular weight excluding hydrogens is 351 g/mol. The molecule has 1 N–H and O–H groups in total. The Kier molecular flexibility index (Phi) is 7.81. The first-order chi connectivity index (χ1) is 13.5. The van der Waals surface area contributed by atoms with Crippen LogP contribution in [0.25, 0.3) is 10.9 Å². The molecule has 0 amide bonds. The van der Waals surface area contributed by atoms with Gasteiger partial charge in [-0.1, -0.05) is 49.6 Å². The molecule has 0 saturated carbocycles. The van der Waals surface area contributed by atoms with E-state index in [1.165, 1.54) is 6.92 Å². The number of nitrogens with one attached hydrogen (secondary N) is 1. The summed E-state index contributed by atoms with van der Waals surface area (Å²) in [4.78, 5) is 13.3. The third-order valence-electron chi connectivity index (χ3n) is 4.34. The zero-order valence-electron chi connectivity index (χ0n) is 16.5. The summed E-state index contributed by atoms with van der Waals surface area (Å²) in [7, 11) is 0. The number of hydrogen-bond acceptors (Lipinski definition) is 4. The third-order valence-corrected chi connectivity index (χ3v) is 4.34. The van der Waals surface area contributed by atoms with E-state index < -0.39 is 6.17 Å². The van der Waals surface area contributed by atoms with E-state index in [1.54, 1.807) is 12.2 Å². The maximum atomic E-state index is 13.8. The summed E-state index contributed by atoms with van der Waals surface area (Å²) in [5.41, 5.74) is 3.58. The fourth-order valence-electron chi connectivity index (χ4n) is 2.85. The average molecular weight is 378 g/mol. The smallest absolute Gasteiger partial charge is 0.124 e. The highest BCUT2D eigenvalue weighted by atomic mass is 19.1. The van der Waals surface area contributed by atoms with Crippen LogP contribution in [0.1, 0.15) is 19.5 Å². The van der Waals surface area contributed by atoms with Crippen molar-refractivity contribution in [3.8, 4) is 0 Å². The number of para-hydroxylation sites is 1. The van der Waals surface area contributed by atoms with Gasteiger partial charge in [-0.25, -0.2) is 4.39 Å². The highest BCUT2D eigenvalue weighted by molar-refractivity contribution is 5.91. The summed E-state index contributed by atoms with van der Waals surface area (Å²) >= 11 is 0. The number of allylic oxidation sites excluding steroid dienone is 3. The number of nitrogens with zero attached hydrogens (tertiary/aromatic N) is 3. The van der Waals surface area contributed by atoms with E-state index in [0.29, 0.717) is 24.4 Å². The SMILES string of the molecule is C=C/C=C(/C(=C)NC(C)C(CN=C)=NCc1ccc2ccccc2n1)C(C)F. The van der Waals surface area contributed by atoms with E-state index in [-0.39, 0.29) is 6.04 Å². The summed E-state index contributed by atoms with van der Waals surface area (Å²) in [5.74, 6) is 0. The van der Waals surface area contributed by atoms with E-state index in [2.05, 4.69) is 40.2 Å². The molecule has 2 atom stereocenters. The lowest BCUT2D eigenvalue weighted by molar-refractivity contribution is 0.411. The monoisotopic (exact) mass is 378 g/mol. The lowest BCUT2D eigenvalue weighted by Crippen LogP contribution is -2.36. The van der Waals surface area contributed by atoms with Crippen molar-refractivity contribution in [2.24, 2.45) is 9.98 Å². The largest absolute Gasteiger partial charge is 0.377 e. The fraction of sp³-hybridized carbons (Fsp3) is 0.261. The van der Waals surface area contributed by atoms with Gasteiger partial charge in [0, 0.05) is 16.7 Å². The van der Waals surface area contributed by atoms with Gasteiger partial charge < -0.3 is 5.32 Å². The van der Waals surface area contributed by atoms with Gasteiger partial charge in [-0.15, -0.1) is 0 Å². The maximum Gasteiger partial charge on any atom is 0.124 e. The van der Waals surface area contributed by atoms with Gasteiger partial charge in [0.25, 0.3) is 0 Å². The number of halogens is 1. The zero-order chi connectivity index (χ0) is 20.5. The van der Waals surface area contributed by atoms with Gasteiger partial charge in [0.1, 0.15) is 6.17 Å². The van der Waals surface area contributed by atoms with E-state index >= 15 is 0 Å². The van der Waals surface area contributed by atoms with Crippen LogP contribution in [-0.2, 0) is 6.54 Å². The normalized spacial score (nSPS) is 14.4. The predicted molar refractivity (Wildman–Crippen MR) is 118 cm³/mol. The Bertz CT molecular complexity index is 912. The molecule has 28 heavy (non-hydrogen) atoms. The first kappa shape index (κ1) is 21.2. The Morgan fingerprint density at radius 3 is 2.68 bits per heavy atom. The molecule has 0 radical (unpaired) electrons. The van der Waals surface area contributed by atoms with Crippen molar-refractivity contribution in [1.29, 1.82) is 0 Å². The second-order valence-corrected chi connectivity index (χ2v) is 6.50. The summed E-state index contributed by atoms with van der Waals surface area (Å²) in [6, 6.07) is 11.8. The Morgan fingerprint density at radius 1 is 1.25 bits per heavy atom. The number of hydrogen-bond donors (Lipinski definition) is 1. The van der Waals surface area contributed by atoms with Gasteiger partial charge in [-0.2, -0.15) is 0 Å². The minimum atomic E-state index is -1.15. The van der Waals surface area contributed by atoms with Gasteiger partial charge in [0.05, 0.1) is 36.1 Å². The summed E-state index contributed by atoms with van der Waals surface area (Å²) in [5, 5.41) is 4.30. The lowest BCUT2D eigenvalue weighted by atomic mass is 10.1. The highest BCUT2D eigenvalue weighted by Crippen LogP contribution is 2.15. The van der Waals surface area contributed by atoms with Crippen LogP contribution in [0.2, 0.25) is 0 Å². The molecule has 0 aliphatic carbocycles. The Morgan fingerprint density at radius 2 is 2.00 bits per heavy atom. The van der Waals surface area contributed by atoms with Crippen LogP contribution in [0.3, 0.4) is 0 Å². The van der Waals surface area contributed by atoms with Crippen LogP contribution in [-0.4, -0.2) is 36.2 Å². The fourth-order valence-corrected chi connectivity index (χ4v) is 2.85. The second-order valence-electron chi connectivity index (χ2n) is 6.50. The standard InChI is InChI=1S/C23H27FN4/c1-6-9-21(16(2)24)17(3)27-18(4)23(15-25-5)26-14-20-13-12-19-10-7-8-11-22(19)28-20/h6-13,16,18,27H,1,3,5,14-15H2,2,4H3/b21-9+,26-23?. The predicted octanol–water partition coefficient (Wildman–Crippen LogP) is 4.84. The summed E-state index contributed by atoms with van der Waals surface area (Å²) in [6.45, 7) is 15.4. The van der Waals surface area contributed by atoms with Crippen LogP contribution in [0, 0.1) is 0 Å². The van der Waals surface area contributed by atoms with Crippen LogP contribution in [0.15, 0.2) is 83.0 Å². The van der Waals surface area contributed by atoms with Crippen molar-refractivity contribution < 1.29 is 4.39 Å². The van der Waals surface area contributed by atoms with E-state index in [4.69, 9.17) is 0 Å². The molecule has 0 bridgehead atoms. The van der Waals surface area contributed by atoms with Crippen molar-refractivity contribution in [3.63, 3.8) is 0 Å². The first-order valence-electron chi connectivity index (χ1n) is 9.19. The molecular formula is C23H27FN4. The van der Waals surface area contributed by atoms with Crippen LogP contribution in [0.4, 0.5) is 4.39 Å². The van der Waals surface area contributed by atoms with E-state index in [1.807, 2.05) is 43.3 Å². The Hall–Kier alpha value is -3.08. The number of aromatic nitrogens is 1. The van der Waals surface area contributed by atoms with E-state index in [9.17, 15) is 4.39 Å². The number of rotatable bonds is 10. The molecule has 146 valence electrons. The number of benzene rings is 1. The molecule has 1 heterocycles. The van der Waals surface area contributed by atoms with Crippen molar-refractivity contribution in [2.45, 2.75) is 32.6 Å². The minimum absolute atomic E-state index is 0.176. The molecule has 0 fully saturated rings. The van der Waals surface area contributed by atoms with Gasteiger partial charge in [0.2, 0.25) is 0 Å². The average Bonchev–Trinajstić information content (AvgIpc) is 2.68. The van der Waals surface area contributed by atoms with Crippen molar-refractivity contribution in [1.82, 2.24) is 10.3 Å². The zero-order valence-corrected chi connectivity index (χ0v) is 16.5. The molecule has 0 aliphatic rings. The quantitative estimate of drug-likeness (QED) is 0.475. The number of fused-ring (bicyclic) bond motifs is 1. The number of aliphatic imine (C=N–C) groups is 2. The topological polar surface area (TPSA) is 49.6 Å². The molecule has 1 aromatic carbocycles. The molecule has 2 unspecified atom stereocenters. The Labute approximate surface area is 166 Å². The van der Waals surface area contributed by atoms with E-state index in [0.717, 1.165) is 22.3 Å². The summed E-state index contributed by atoms with van der Waals surface area (Å²) in [6.07, 6.45) is 2.02. The molecule has 0 aliphatic heterocycles.